The molecule has 0 aliphatic carbocycles. The van der Waals surface area contributed by atoms with Crippen molar-refractivity contribution >= 4 is 11.6 Å². The third kappa shape index (κ3) is 6.17. The summed E-state index contributed by atoms with van der Waals surface area (Å²) in [5, 5.41) is 5.77. The Morgan fingerprint density at radius 2 is 2.21 bits per heavy atom. The van der Waals surface area contributed by atoms with Crippen molar-refractivity contribution in [3.63, 3.8) is 0 Å². The molecule has 2 N–H and O–H groups in total. The van der Waals surface area contributed by atoms with Gasteiger partial charge in [-0.25, -0.2) is 0 Å². The van der Waals surface area contributed by atoms with Crippen molar-refractivity contribution in [1.82, 2.24) is 10.3 Å². The van der Waals surface area contributed by atoms with E-state index >= 15 is 0 Å². The summed E-state index contributed by atoms with van der Waals surface area (Å²) >= 11 is 0. The van der Waals surface area contributed by atoms with Crippen LogP contribution in [0.1, 0.15) is 16.9 Å². The Kier molecular flexibility index (Phi) is 7.53. The second kappa shape index (κ2) is 9.29. The van der Waals surface area contributed by atoms with Crippen LogP contribution in [0.3, 0.4) is 0 Å². The molecule has 0 aromatic carbocycles. The molecule has 1 aromatic rings. The highest BCUT2D eigenvalue weighted by Crippen LogP contribution is 2.06. The summed E-state index contributed by atoms with van der Waals surface area (Å²) in [6, 6.07) is 3.52. The Hall–Kier alpha value is -1.66. The minimum atomic E-state index is -0.172. The van der Waals surface area contributed by atoms with Crippen LogP contribution in [-0.2, 0) is 9.47 Å². The minimum absolute atomic E-state index is 0.172. The van der Waals surface area contributed by atoms with Gasteiger partial charge in [0.05, 0.1) is 13.2 Å². The zero-order chi connectivity index (χ0) is 13.9. The van der Waals surface area contributed by atoms with Gasteiger partial charge < -0.3 is 20.1 Å². The lowest BCUT2D eigenvalue weighted by Gasteiger charge is -2.06. The number of hydrogen-bond acceptors (Lipinski definition) is 5. The number of nitrogens with one attached hydrogen (secondary N) is 2. The number of carbonyl (C=O) groups is 1. The van der Waals surface area contributed by atoms with Crippen LogP contribution in [0.15, 0.2) is 18.3 Å². The molecule has 0 aliphatic heterocycles. The van der Waals surface area contributed by atoms with Crippen molar-refractivity contribution in [2.75, 3.05) is 45.8 Å². The van der Waals surface area contributed by atoms with E-state index in [-0.39, 0.29) is 5.91 Å². The van der Waals surface area contributed by atoms with Crippen molar-refractivity contribution in [3.05, 3.63) is 24.0 Å². The van der Waals surface area contributed by atoms with Gasteiger partial charge in [-0.1, -0.05) is 0 Å². The number of anilines is 1. The Balaban J connectivity index is 2.20. The van der Waals surface area contributed by atoms with E-state index in [9.17, 15) is 4.79 Å². The molecule has 6 nitrogen and oxygen atoms in total. The van der Waals surface area contributed by atoms with Crippen molar-refractivity contribution in [3.8, 4) is 0 Å². The second-order valence-electron chi connectivity index (χ2n) is 3.89. The molecule has 0 radical (unpaired) electrons. The van der Waals surface area contributed by atoms with Gasteiger partial charge in [0.1, 0.15) is 5.69 Å². The van der Waals surface area contributed by atoms with Gasteiger partial charge in [-0.05, 0) is 18.6 Å². The molecule has 19 heavy (non-hydrogen) atoms. The van der Waals surface area contributed by atoms with E-state index in [2.05, 4.69) is 15.6 Å². The maximum atomic E-state index is 11.8. The number of aromatic nitrogens is 1. The van der Waals surface area contributed by atoms with Gasteiger partial charge in [-0.3, -0.25) is 9.78 Å². The fourth-order valence-electron chi connectivity index (χ4n) is 1.42. The molecular formula is C13H21N3O3. The first kappa shape index (κ1) is 15.4. The van der Waals surface area contributed by atoms with Crippen molar-refractivity contribution < 1.29 is 14.3 Å². The van der Waals surface area contributed by atoms with Gasteiger partial charge in [0.25, 0.3) is 5.91 Å². The van der Waals surface area contributed by atoms with Crippen LogP contribution in [-0.4, -0.2) is 51.4 Å². The SMILES string of the molecule is CNc1ccnc(C(=O)NCCCOCCOC)c1. The Bertz CT molecular complexity index is 385. The molecule has 0 aliphatic rings. The number of nitrogens with zero attached hydrogens (tertiary/aromatic N) is 1. The summed E-state index contributed by atoms with van der Waals surface area (Å²) in [7, 11) is 3.43. The fourth-order valence-corrected chi connectivity index (χ4v) is 1.42. The quantitative estimate of drug-likeness (QED) is 0.651. The first-order valence-electron chi connectivity index (χ1n) is 6.26. The number of amides is 1. The molecule has 1 amide bonds. The lowest BCUT2D eigenvalue weighted by Crippen LogP contribution is -2.26. The monoisotopic (exact) mass is 267 g/mol. The number of rotatable bonds is 9. The predicted molar refractivity (Wildman–Crippen MR) is 73.4 cm³/mol. The summed E-state index contributed by atoms with van der Waals surface area (Å²) in [5.41, 5.74) is 1.27. The summed E-state index contributed by atoms with van der Waals surface area (Å²) in [6.07, 6.45) is 2.37. The zero-order valence-corrected chi connectivity index (χ0v) is 11.4. The highest BCUT2D eigenvalue weighted by atomic mass is 16.5. The van der Waals surface area contributed by atoms with Crippen LogP contribution in [0.5, 0.6) is 0 Å². The summed E-state index contributed by atoms with van der Waals surface area (Å²) in [5.74, 6) is -0.172. The minimum Gasteiger partial charge on any atom is -0.388 e. The lowest BCUT2D eigenvalue weighted by atomic mass is 10.3. The number of carbonyl (C=O) groups excluding carboxylic acids is 1. The van der Waals surface area contributed by atoms with Crippen LogP contribution in [0.25, 0.3) is 0 Å². The standard InChI is InChI=1S/C13H21N3O3/c1-14-11-4-6-15-12(10-11)13(17)16-5-3-7-19-9-8-18-2/h4,6,10H,3,5,7-9H2,1-2H3,(H,14,15)(H,16,17). The van der Waals surface area contributed by atoms with Gasteiger partial charge in [0.15, 0.2) is 0 Å². The molecule has 0 saturated carbocycles. The van der Waals surface area contributed by atoms with Crippen LogP contribution >= 0.6 is 0 Å². The molecule has 1 rings (SSSR count). The average molecular weight is 267 g/mol. The lowest BCUT2D eigenvalue weighted by molar-refractivity contribution is 0.0688. The van der Waals surface area contributed by atoms with Crippen molar-refractivity contribution in [2.24, 2.45) is 0 Å². The summed E-state index contributed by atoms with van der Waals surface area (Å²) in [4.78, 5) is 15.8. The number of hydrogen-bond donors (Lipinski definition) is 2. The Morgan fingerprint density at radius 1 is 1.37 bits per heavy atom. The van der Waals surface area contributed by atoms with Crippen LogP contribution in [0.4, 0.5) is 5.69 Å². The van der Waals surface area contributed by atoms with Crippen LogP contribution in [0, 0.1) is 0 Å². The van der Waals surface area contributed by atoms with Crippen LogP contribution < -0.4 is 10.6 Å². The maximum Gasteiger partial charge on any atom is 0.269 e. The number of pyridine rings is 1. The molecule has 0 saturated heterocycles. The van der Waals surface area contributed by atoms with E-state index in [0.29, 0.717) is 32.1 Å². The summed E-state index contributed by atoms with van der Waals surface area (Å²) in [6.45, 7) is 2.34. The predicted octanol–water partition coefficient (Wildman–Crippen LogP) is 0.906. The van der Waals surface area contributed by atoms with E-state index < -0.39 is 0 Å². The van der Waals surface area contributed by atoms with Gasteiger partial charge in [0, 0.05) is 39.2 Å². The topological polar surface area (TPSA) is 72.5 Å². The molecule has 0 spiro atoms. The first-order valence-corrected chi connectivity index (χ1v) is 6.26. The maximum absolute atomic E-state index is 11.8. The number of ether oxygens (including phenoxy) is 2. The molecule has 106 valence electrons. The van der Waals surface area contributed by atoms with E-state index in [4.69, 9.17) is 9.47 Å². The normalized spacial score (nSPS) is 10.2. The highest BCUT2D eigenvalue weighted by molar-refractivity contribution is 5.93. The third-order valence-corrected chi connectivity index (χ3v) is 2.46. The third-order valence-electron chi connectivity index (χ3n) is 2.46. The molecule has 0 bridgehead atoms. The van der Waals surface area contributed by atoms with Crippen molar-refractivity contribution in [1.29, 1.82) is 0 Å². The van der Waals surface area contributed by atoms with Crippen molar-refractivity contribution in [2.45, 2.75) is 6.42 Å². The summed E-state index contributed by atoms with van der Waals surface area (Å²) < 4.78 is 10.2. The van der Waals surface area contributed by atoms with E-state index in [1.165, 1.54) is 0 Å². The van der Waals surface area contributed by atoms with E-state index in [1.54, 1.807) is 32.5 Å². The van der Waals surface area contributed by atoms with Gasteiger partial charge in [-0.2, -0.15) is 0 Å². The molecule has 0 atom stereocenters. The van der Waals surface area contributed by atoms with Crippen LogP contribution in [0.2, 0.25) is 0 Å². The fraction of sp³-hybridized carbons (Fsp3) is 0.538. The average Bonchev–Trinajstić information content (AvgIpc) is 2.46. The molecule has 1 heterocycles. The highest BCUT2D eigenvalue weighted by Gasteiger charge is 2.06. The smallest absolute Gasteiger partial charge is 0.269 e. The number of methoxy groups -OCH3 is 1. The molecule has 0 unspecified atom stereocenters. The Labute approximate surface area is 113 Å². The van der Waals surface area contributed by atoms with Gasteiger partial charge >= 0.3 is 0 Å². The zero-order valence-electron chi connectivity index (χ0n) is 11.4. The molecular weight excluding hydrogens is 246 g/mol. The molecule has 1 aromatic heterocycles. The van der Waals surface area contributed by atoms with E-state index in [0.717, 1.165) is 12.1 Å². The van der Waals surface area contributed by atoms with Gasteiger partial charge in [0.2, 0.25) is 0 Å². The first-order chi connectivity index (χ1) is 9.27. The molecule has 0 fully saturated rings. The van der Waals surface area contributed by atoms with Gasteiger partial charge in [-0.15, -0.1) is 0 Å². The largest absolute Gasteiger partial charge is 0.388 e. The second-order valence-corrected chi connectivity index (χ2v) is 3.89. The Morgan fingerprint density at radius 3 is 2.95 bits per heavy atom. The molecule has 6 heteroatoms. The van der Waals surface area contributed by atoms with E-state index in [1.807, 2.05) is 0 Å².